The van der Waals surface area contributed by atoms with E-state index in [9.17, 15) is 12.8 Å². The van der Waals surface area contributed by atoms with E-state index in [0.717, 1.165) is 38.6 Å². The number of H-pyrrole nitrogens is 1. The molecule has 0 spiro atoms. The predicted molar refractivity (Wildman–Crippen MR) is 128 cm³/mol. The molecule has 0 bridgehead atoms. The number of pyridine rings is 1. The zero-order valence-electron chi connectivity index (χ0n) is 17.8. The summed E-state index contributed by atoms with van der Waals surface area (Å²) in [4.78, 5) is 5.23. The highest BCUT2D eigenvalue weighted by Crippen LogP contribution is 2.34. The Balaban J connectivity index is 1.52. The largest absolute Gasteiger partial charge is 0.298 e. The summed E-state index contributed by atoms with van der Waals surface area (Å²) in [6.45, 7) is 0. The highest BCUT2D eigenvalue weighted by atomic mass is 32.2. The Morgan fingerprint density at radius 1 is 1.06 bits per heavy atom. The van der Waals surface area contributed by atoms with E-state index in [1.165, 1.54) is 23.5 Å². The van der Waals surface area contributed by atoms with Crippen LogP contribution in [0.25, 0.3) is 38.6 Å². The molecule has 0 saturated heterocycles. The molecular formula is C24H18FN5O2S2. The number of fused-ring (bicyclic) bond motifs is 1. The lowest BCUT2D eigenvalue weighted by Crippen LogP contribution is -2.04. The van der Waals surface area contributed by atoms with Crippen LogP contribution in [-0.2, 0) is 9.84 Å². The Morgan fingerprint density at radius 2 is 1.85 bits per heavy atom. The third-order valence-electron chi connectivity index (χ3n) is 5.43. The molecule has 7 nitrogen and oxygen atoms in total. The number of imidazole rings is 1. The van der Waals surface area contributed by atoms with Gasteiger partial charge in [-0.15, -0.1) is 11.3 Å². The molecule has 0 aliphatic carbocycles. The molecule has 5 rings (SSSR count). The van der Waals surface area contributed by atoms with Gasteiger partial charge in [-0.1, -0.05) is 0 Å². The second kappa shape index (κ2) is 8.85. The number of nitrogens with one attached hydrogen (secondary N) is 1. The monoisotopic (exact) mass is 491 g/mol. The van der Waals surface area contributed by atoms with Crippen molar-refractivity contribution in [3.63, 3.8) is 0 Å². The third kappa shape index (κ3) is 4.11. The van der Waals surface area contributed by atoms with Gasteiger partial charge in [-0.3, -0.25) is 9.50 Å². The van der Waals surface area contributed by atoms with Gasteiger partial charge in [-0.2, -0.15) is 10.4 Å². The molecule has 0 radical (unpaired) electrons. The number of benzene rings is 1. The van der Waals surface area contributed by atoms with Gasteiger partial charge in [-0.05, 0) is 55.0 Å². The van der Waals surface area contributed by atoms with Crippen LogP contribution >= 0.6 is 11.3 Å². The number of unbranched alkanes of at least 4 members (excludes halogenated alkanes) is 1. The average Bonchev–Trinajstić information content (AvgIpc) is 3.58. The van der Waals surface area contributed by atoms with E-state index in [4.69, 9.17) is 5.26 Å². The van der Waals surface area contributed by atoms with Crippen LogP contribution in [0, 0.1) is 17.1 Å². The van der Waals surface area contributed by atoms with Crippen molar-refractivity contribution in [1.82, 2.24) is 19.6 Å². The van der Waals surface area contributed by atoms with Gasteiger partial charge >= 0.3 is 0 Å². The number of nitrogens with zero attached hydrogens (tertiary/aromatic N) is 4. The number of aromatic nitrogens is 4. The maximum absolute atomic E-state index is 13.4. The summed E-state index contributed by atoms with van der Waals surface area (Å²) >= 11 is 1.19. The van der Waals surface area contributed by atoms with Crippen LogP contribution in [0.3, 0.4) is 0 Å². The average molecular weight is 492 g/mol. The maximum atomic E-state index is 13.4. The first-order chi connectivity index (χ1) is 16.5. The van der Waals surface area contributed by atoms with Gasteiger partial charge < -0.3 is 0 Å². The molecule has 0 unspecified atom stereocenters. The summed E-state index contributed by atoms with van der Waals surface area (Å²) < 4.78 is 40.8. The molecule has 4 aromatic heterocycles. The lowest BCUT2D eigenvalue weighted by atomic mass is 10.0. The van der Waals surface area contributed by atoms with Gasteiger partial charge in [0.2, 0.25) is 0 Å². The van der Waals surface area contributed by atoms with Gasteiger partial charge in [0.15, 0.2) is 9.84 Å². The summed E-state index contributed by atoms with van der Waals surface area (Å²) in [6.07, 6.45) is 5.88. The number of nitriles is 1. The second-order valence-electron chi connectivity index (χ2n) is 7.65. The summed E-state index contributed by atoms with van der Waals surface area (Å²) in [7, 11) is -3.44. The normalized spacial score (nSPS) is 11.6. The smallest absolute Gasteiger partial charge is 0.187 e. The number of rotatable bonds is 7. The summed E-state index contributed by atoms with van der Waals surface area (Å²) in [5, 5.41) is 15.8. The zero-order valence-corrected chi connectivity index (χ0v) is 19.4. The number of hydrogen-bond acceptors (Lipinski definition) is 6. The Bertz CT molecular complexity index is 1630. The Kier molecular flexibility index (Phi) is 5.73. The lowest BCUT2D eigenvalue weighted by molar-refractivity contribution is 0.595. The van der Waals surface area contributed by atoms with Crippen LogP contribution in [0.15, 0.2) is 71.3 Å². The minimum absolute atomic E-state index is 0.0511. The molecule has 0 aliphatic heterocycles. The lowest BCUT2D eigenvalue weighted by Gasteiger charge is -2.06. The van der Waals surface area contributed by atoms with Crippen LogP contribution in [0.5, 0.6) is 0 Å². The van der Waals surface area contributed by atoms with E-state index in [1.54, 1.807) is 36.7 Å². The molecule has 1 aromatic carbocycles. The van der Waals surface area contributed by atoms with Crippen LogP contribution in [-0.4, -0.2) is 33.8 Å². The fourth-order valence-electron chi connectivity index (χ4n) is 3.73. The Morgan fingerprint density at radius 3 is 2.65 bits per heavy atom. The topological polar surface area (TPSA) is 104 Å². The van der Waals surface area contributed by atoms with Crippen LogP contribution in [0.1, 0.15) is 12.8 Å². The molecule has 0 amide bonds. The van der Waals surface area contributed by atoms with Crippen molar-refractivity contribution in [2.75, 3.05) is 5.75 Å². The fourth-order valence-corrected chi connectivity index (χ4v) is 6.50. The van der Waals surface area contributed by atoms with Crippen molar-refractivity contribution < 1.29 is 12.8 Å². The molecule has 10 heteroatoms. The fraction of sp³-hybridized carbons (Fsp3) is 0.125. The summed E-state index contributed by atoms with van der Waals surface area (Å²) in [5.41, 5.74) is 4.79. The zero-order chi connectivity index (χ0) is 23.7. The minimum atomic E-state index is -3.44. The molecule has 1 N–H and O–H groups in total. The molecule has 170 valence electrons. The van der Waals surface area contributed by atoms with Crippen LogP contribution < -0.4 is 0 Å². The van der Waals surface area contributed by atoms with Crippen molar-refractivity contribution in [2.45, 2.75) is 17.1 Å². The van der Waals surface area contributed by atoms with Crippen LogP contribution in [0.2, 0.25) is 0 Å². The van der Waals surface area contributed by atoms with Gasteiger partial charge in [0, 0.05) is 29.3 Å². The van der Waals surface area contributed by atoms with Gasteiger partial charge in [-0.25, -0.2) is 17.8 Å². The van der Waals surface area contributed by atoms with Crippen molar-refractivity contribution in [1.29, 1.82) is 5.26 Å². The molecule has 34 heavy (non-hydrogen) atoms. The molecular weight excluding hydrogens is 473 g/mol. The van der Waals surface area contributed by atoms with E-state index < -0.39 is 9.84 Å². The molecule has 0 fully saturated rings. The highest BCUT2D eigenvalue weighted by Gasteiger charge is 2.19. The van der Waals surface area contributed by atoms with Crippen molar-refractivity contribution >= 4 is 26.8 Å². The number of halogens is 1. The minimum Gasteiger partial charge on any atom is -0.298 e. The second-order valence-corrected chi connectivity index (χ2v) is 11.1. The van der Waals surface area contributed by atoms with E-state index in [2.05, 4.69) is 15.2 Å². The molecule has 5 aromatic rings. The quantitative estimate of drug-likeness (QED) is 0.310. The highest BCUT2D eigenvalue weighted by molar-refractivity contribution is 7.93. The Hall–Kier alpha value is -3.81. The van der Waals surface area contributed by atoms with E-state index in [1.807, 2.05) is 28.8 Å². The van der Waals surface area contributed by atoms with E-state index >= 15 is 0 Å². The summed E-state index contributed by atoms with van der Waals surface area (Å²) in [5.74, 6) is -0.360. The SMILES string of the molecule is N#CCCCS(=O)(=O)c1ccc(-c2cnc3ccc(-c4cn[nH]c4-c4ccc(F)cc4)cn23)s1. The standard InChI is InChI=1S/C24H18FN5O2S2/c25-18-6-3-16(4-7-18)24-19(13-28-29-24)17-5-9-22-27-14-20(30(22)15-17)21-8-10-23(33-21)34(31,32)12-2-1-11-26/h3-10,13-15H,1-2,12H2,(H,28,29). The first-order valence-corrected chi connectivity index (χ1v) is 12.9. The first kappa shape index (κ1) is 22.0. The van der Waals surface area contributed by atoms with Crippen molar-refractivity contribution in [2.24, 2.45) is 0 Å². The Labute approximate surface area is 199 Å². The van der Waals surface area contributed by atoms with Crippen molar-refractivity contribution in [3.8, 4) is 39.0 Å². The number of sulfone groups is 1. The maximum Gasteiger partial charge on any atom is 0.187 e. The van der Waals surface area contributed by atoms with Gasteiger partial charge in [0.1, 0.15) is 15.7 Å². The third-order valence-corrected chi connectivity index (χ3v) is 8.92. The molecule has 0 saturated carbocycles. The first-order valence-electron chi connectivity index (χ1n) is 10.4. The predicted octanol–water partition coefficient (Wildman–Crippen LogP) is 5.34. The molecule has 0 aliphatic rings. The van der Waals surface area contributed by atoms with E-state index in [0.29, 0.717) is 6.42 Å². The van der Waals surface area contributed by atoms with Crippen molar-refractivity contribution in [3.05, 3.63) is 72.9 Å². The molecule has 0 atom stereocenters. The number of thiophene rings is 1. The van der Waals surface area contributed by atoms with Crippen LogP contribution in [0.4, 0.5) is 4.39 Å². The molecule has 4 heterocycles. The van der Waals surface area contributed by atoms with E-state index in [-0.39, 0.29) is 22.2 Å². The van der Waals surface area contributed by atoms with Gasteiger partial charge in [0.05, 0.1) is 40.5 Å². The number of hydrogen-bond donors (Lipinski definition) is 1. The van der Waals surface area contributed by atoms with Gasteiger partial charge in [0.25, 0.3) is 0 Å². The summed E-state index contributed by atoms with van der Waals surface area (Å²) in [6, 6.07) is 15.4. The number of aromatic amines is 1.